The van der Waals surface area contributed by atoms with E-state index in [1.54, 1.807) is 30.4 Å². The van der Waals surface area contributed by atoms with E-state index >= 15 is 0 Å². The topological polar surface area (TPSA) is 42.7 Å². The molecule has 0 atom stereocenters. The van der Waals surface area contributed by atoms with Crippen LogP contribution in [-0.2, 0) is 16.1 Å². The molecule has 0 aliphatic heterocycles. The molecule has 1 aromatic heterocycles. The Morgan fingerprint density at radius 1 is 1.32 bits per heavy atom. The summed E-state index contributed by atoms with van der Waals surface area (Å²) in [7, 11) is 1.62. The molecule has 0 spiro atoms. The molecule has 0 bridgehead atoms. The second-order valence-corrected chi connectivity index (χ2v) is 5.54. The molecular formula is C17H18BrNO3. The molecule has 0 unspecified atom stereocenters. The minimum Gasteiger partial charge on any atom is -0.467 e. The van der Waals surface area contributed by atoms with Crippen molar-refractivity contribution in [2.24, 2.45) is 0 Å². The maximum absolute atomic E-state index is 12.4. The number of hydrogen-bond donors (Lipinski definition) is 0. The van der Waals surface area contributed by atoms with Crippen LogP contribution >= 0.6 is 15.9 Å². The van der Waals surface area contributed by atoms with Gasteiger partial charge in [-0.2, -0.15) is 0 Å². The molecule has 1 aromatic carbocycles. The second-order valence-electron chi connectivity index (χ2n) is 4.69. The van der Waals surface area contributed by atoms with Crippen molar-refractivity contribution in [3.8, 4) is 0 Å². The number of nitrogens with zero attached hydrogens (tertiary/aromatic N) is 1. The van der Waals surface area contributed by atoms with Gasteiger partial charge in [-0.3, -0.25) is 4.79 Å². The van der Waals surface area contributed by atoms with E-state index in [0.29, 0.717) is 19.7 Å². The summed E-state index contributed by atoms with van der Waals surface area (Å²) in [5.41, 5.74) is 0.959. The van der Waals surface area contributed by atoms with Gasteiger partial charge in [0.05, 0.1) is 19.4 Å². The zero-order valence-electron chi connectivity index (χ0n) is 12.4. The molecule has 0 radical (unpaired) electrons. The van der Waals surface area contributed by atoms with E-state index in [0.717, 1.165) is 15.8 Å². The van der Waals surface area contributed by atoms with Crippen LogP contribution in [0.3, 0.4) is 0 Å². The van der Waals surface area contributed by atoms with E-state index in [-0.39, 0.29) is 5.91 Å². The van der Waals surface area contributed by atoms with Crippen molar-refractivity contribution in [3.05, 3.63) is 64.5 Å². The number of furan rings is 1. The number of amides is 1. The van der Waals surface area contributed by atoms with E-state index in [2.05, 4.69) is 15.9 Å². The lowest BCUT2D eigenvalue weighted by Crippen LogP contribution is -2.31. The molecule has 2 aromatic rings. The zero-order chi connectivity index (χ0) is 15.8. The van der Waals surface area contributed by atoms with Crippen molar-refractivity contribution < 1.29 is 13.9 Å². The predicted molar refractivity (Wildman–Crippen MR) is 89.2 cm³/mol. The van der Waals surface area contributed by atoms with Crippen LogP contribution in [0.1, 0.15) is 11.3 Å². The van der Waals surface area contributed by atoms with E-state index in [1.165, 1.54) is 0 Å². The SMILES string of the molecule is COCCN(Cc1ccco1)C(=O)/C=C/c1ccccc1Br. The van der Waals surface area contributed by atoms with Crippen LogP contribution in [-0.4, -0.2) is 31.1 Å². The van der Waals surface area contributed by atoms with Crippen LogP contribution in [0.15, 0.2) is 57.6 Å². The van der Waals surface area contributed by atoms with E-state index in [1.807, 2.05) is 36.4 Å². The van der Waals surface area contributed by atoms with Crippen LogP contribution in [0.5, 0.6) is 0 Å². The summed E-state index contributed by atoms with van der Waals surface area (Å²) in [4.78, 5) is 14.1. The third-order valence-corrected chi connectivity index (χ3v) is 3.84. The summed E-state index contributed by atoms with van der Waals surface area (Å²) in [5, 5.41) is 0. The lowest BCUT2D eigenvalue weighted by atomic mass is 10.2. The molecule has 0 saturated carbocycles. The predicted octanol–water partition coefficient (Wildman–Crippen LogP) is 3.73. The van der Waals surface area contributed by atoms with E-state index in [9.17, 15) is 4.79 Å². The standard InChI is InChI=1S/C17H18BrNO3/c1-21-12-10-19(13-15-6-4-11-22-15)17(20)9-8-14-5-2-3-7-16(14)18/h2-9,11H,10,12-13H2,1H3/b9-8+. The van der Waals surface area contributed by atoms with Gasteiger partial charge in [0.1, 0.15) is 5.76 Å². The van der Waals surface area contributed by atoms with Gasteiger partial charge in [-0.1, -0.05) is 34.1 Å². The number of hydrogen-bond acceptors (Lipinski definition) is 3. The first-order valence-electron chi connectivity index (χ1n) is 6.93. The summed E-state index contributed by atoms with van der Waals surface area (Å²) in [5.74, 6) is 0.669. The molecule has 0 N–H and O–H groups in total. The Hall–Kier alpha value is -1.85. The van der Waals surface area contributed by atoms with Crippen molar-refractivity contribution in [3.63, 3.8) is 0 Å². The van der Waals surface area contributed by atoms with Crippen LogP contribution in [0.2, 0.25) is 0 Å². The molecule has 2 rings (SSSR count). The average Bonchev–Trinajstić information content (AvgIpc) is 3.03. The average molecular weight is 364 g/mol. The first-order valence-corrected chi connectivity index (χ1v) is 7.73. The minimum atomic E-state index is -0.0794. The highest BCUT2D eigenvalue weighted by Crippen LogP contribution is 2.17. The number of methoxy groups -OCH3 is 1. The molecule has 0 fully saturated rings. The highest BCUT2D eigenvalue weighted by atomic mass is 79.9. The molecule has 0 aliphatic carbocycles. The smallest absolute Gasteiger partial charge is 0.247 e. The third-order valence-electron chi connectivity index (χ3n) is 3.11. The van der Waals surface area contributed by atoms with Gasteiger partial charge in [0.2, 0.25) is 5.91 Å². The Balaban J connectivity index is 2.06. The number of ether oxygens (including phenoxy) is 1. The fourth-order valence-corrected chi connectivity index (χ4v) is 2.35. The molecule has 0 aliphatic rings. The fraction of sp³-hybridized carbons (Fsp3) is 0.235. The molecule has 5 heteroatoms. The normalized spacial score (nSPS) is 11.0. The van der Waals surface area contributed by atoms with Crippen LogP contribution in [0.4, 0.5) is 0 Å². The summed E-state index contributed by atoms with van der Waals surface area (Å²) in [6, 6.07) is 11.4. The quantitative estimate of drug-likeness (QED) is 0.703. The van der Waals surface area contributed by atoms with Gasteiger partial charge in [0, 0.05) is 24.2 Å². The van der Waals surface area contributed by atoms with Gasteiger partial charge >= 0.3 is 0 Å². The lowest BCUT2D eigenvalue weighted by Gasteiger charge is -2.19. The van der Waals surface area contributed by atoms with Crippen LogP contribution in [0.25, 0.3) is 6.08 Å². The summed E-state index contributed by atoms with van der Waals surface area (Å²) < 4.78 is 11.3. The number of carbonyl (C=O) groups is 1. The van der Waals surface area contributed by atoms with E-state index in [4.69, 9.17) is 9.15 Å². The van der Waals surface area contributed by atoms with Crippen molar-refractivity contribution in [1.29, 1.82) is 0 Å². The Bertz CT molecular complexity index is 623. The van der Waals surface area contributed by atoms with Crippen molar-refractivity contribution in [1.82, 2.24) is 4.90 Å². The monoisotopic (exact) mass is 363 g/mol. The molecule has 4 nitrogen and oxygen atoms in total. The van der Waals surface area contributed by atoms with Gasteiger partial charge in [-0.25, -0.2) is 0 Å². The van der Waals surface area contributed by atoms with Crippen molar-refractivity contribution in [2.75, 3.05) is 20.3 Å². The number of rotatable bonds is 7. The first kappa shape index (κ1) is 16.5. The third kappa shape index (κ3) is 4.86. The Morgan fingerprint density at radius 2 is 2.14 bits per heavy atom. The van der Waals surface area contributed by atoms with Gasteiger partial charge in [0.25, 0.3) is 0 Å². The molecule has 1 heterocycles. The highest BCUT2D eigenvalue weighted by molar-refractivity contribution is 9.10. The Kier molecular flexibility index (Phi) is 6.43. The fourth-order valence-electron chi connectivity index (χ4n) is 1.94. The van der Waals surface area contributed by atoms with Crippen LogP contribution in [0, 0.1) is 0 Å². The Labute approximate surface area is 138 Å². The minimum absolute atomic E-state index is 0.0794. The number of benzene rings is 1. The zero-order valence-corrected chi connectivity index (χ0v) is 14.0. The van der Waals surface area contributed by atoms with Gasteiger partial charge in [0.15, 0.2) is 0 Å². The maximum atomic E-state index is 12.4. The van der Waals surface area contributed by atoms with Crippen LogP contribution < -0.4 is 0 Å². The second kappa shape index (κ2) is 8.56. The highest BCUT2D eigenvalue weighted by Gasteiger charge is 2.12. The van der Waals surface area contributed by atoms with Crippen molar-refractivity contribution >= 4 is 27.9 Å². The largest absolute Gasteiger partial charge is 0.467 e. The number of carbonyl (C=O) groups excluding carboxylic acids is 1. The van der Waals surface area contributed by atoms with Gasteiger partial charge in [-0.15, -0.1) is 0 Å². The molecule has 1 amide bonds. The summed E-state index contributed by atoms with van der Waals surface area (Å²) in [6.45, 7) is 1.42. The molecule has 0 saturated heterocycles. The molecular weight excluding hydrogens is 346 g/mol. The summed E-state index contributed by atoms with van der Waals surface area (Å²) >= 11 is 3.46. The molecule has 22 heavy (non-hydrogen) atoms. The lowest BCUT2D eigenvalue weighted by molar-refractivity contribution is -0.127. The Morgan fingerprint density at radius 3 is 2.82 bits per heavy atom. The first-order chi connectivity index (χ1) is 10.7. The van der Waals surface area contributed by atoms with Gasteiger partial charge < -0.3 is 14.1 Å². The van der Waals surface area contributed by atoms with Gasteiger partial charge in [-0.05, 0) is 29.8 Å². The van der Waals surface area contributed by atoms with Crippen molar-refractivity contribution in [2.45, 2.75) is 6.54 Å². The summed E-state index contributed by atoms with van der Waals surface area (Å²) in [6.07, 6.45) is 4.97. The molecule has 116 valence electrons. The maximum Gasteiger partial charge on any atom is 0.247 e. The number of halogens is 1. The van der Waals surface area contributed by atoms with E-state index < -0.39 is 0 Å².